The number of piperidine rings is 1. The summed E-state index contributed by atoms with van der Waals surface area (Å²) < 4.78 is 11.8. The molecule has 146 valence electrons. The van der Waals surface area contributed by atoms with Gasteiger partial charge >= 0.3 is 6.09 Å². The number of carbonyl (C=O) groups excluding carboxylic acids is 1. The molecular weight excluding hydrogens is 344 g/mol. The maximum atomic E-state index is 12.5. The molecule has 1 fully saturated rings. The highest BCUT2D eigenvalue weighted by molar-refractivity contribution is 6.74. The van der Waals surface area contributed by atoms with Crippen molar-refractivity contribution >= 4 is 14.4 Å². The molecule has 0 radical (unpaired) electrons. The monoisotopic (exact) mass is 378 g/mol. The molecule has 26 heavy (non-hydrogen) atoms. The van der Waals surface area contributed by atoms with Gasteiger partial charge in [0, 0.05) is 19.1 Å². The van der Waals surface area contributed by atoms with Crippen LogP contribution in [0.15, 0.2) is 30.3 Å². The first-order valence-electron chi connectivity index (χ1n) is 9.49. The molecule has 1 aliphatic heterocycles. The third-order valence-electron chi connectivity index (χ3n) is 5.72. The van der Waals surface area contributed by atoms with E-state index in [1.807, 2.05) is 30.3 Å². The lowest BCUT2D eigenvalue weighted by Crippen LogP contribution is -2.55. The molecule has 1 aromatic rings. The summed E-state index contributed by atoms with van der Waals surface area (Å²) in [5.41, 5.74) is 7.37. The van der Waals surface area contributed by atoms with Gasteiger partial charge in [0.15, 0.2) is 8.32 Å². The Balaban J connectivity index is 1.89. The van der Waals surface area contributed by atoms with Gasteiger partial charge in [-0.05, 0) is 36.5 Å². The Hall–Kier alpha value is -1.37. The maximum absolute atomic E-state index is 12.5. The first-order chi connectivity index (χ1) is 12.1. The molecule has 1 saturated heterocycles. The fourth-order valence-corrected chi connectivity index (χ4v) is 3.89. The summed E-state index contributed by atoms with van der Waals surface area (Å²) in [7, 11) is -1.82. The SMILES string of the molecule is CC(C)(C)[Si](C)(C)OCC1CCCN(C(=O)OCc2ccccc2)C1N. The molecular formula is C20H34N2O3Si. The lowest BCUT2D eigenvalue weighted by atomic mass is 9.96. The van der Waals surface area contributed by atoms with Crippen LogP contribution in [0.1, 0.15) is 39.2 Å². The van der Waals surface area contributed by atoms with E-state index in [0.29, 0.717) is 13.2 Å². The van der Waals surface area contributed by atoms with Crippen molar-refractivity contribution < 1.29 is 14.0 Å². The van der Waals surface area contributed by atoms with E-state index >= 15 is 0 Å². The molecule has 2 atom stereocenters. The maximum Gasteiger partial charge on any atom is 0.411 e. The predicted octanol–water partition coefficient (Wildman–Crippen LogP) is 4.34. The molecule has 0 aliphatic carbocycles. The number of hydrogen-bond acceptors (Lipinski definition) is 4. The van der Waals surface area contributed by atoms with Crippen molar-refractivity contribution in [3.05, 3.63) is 35.9 Å². The van der Waals surface area contributed by atoms with E-state index in [4.69, 9.17) is 14.9 Å². The highest BCUT2D eigenvalue weighted by Crippen LogP contribution is 2.37. The Morgan fingerprint density at radius 3 is 2.54 bits per heavy atom. The molecule has 1 aromatic carbocycles. The largest absolute Gasteiger partial charge is 0.445 e. The number of nitrogens with two attached hydrogens (primary N) is 1. The van der Waals surface area contributed by atoms with Crippen LogP contribution < -0.4 is 5.73 Å². The van der Waals surface area contributed by atoms with Gasteiger partial charge in [0.05, 0.1) is 6.17 Å². The highest BCUT2D eigenvalue weighted by Gasteiger charge is 2.39. The third-order valence-corrected chi connectivity index (χ3v) is 10.2. The minimum absolute atomic E-state index is 0.155. The number of benzene rings is 1. The van der Waals surface area contributed by atoms with Gasteiger partial charge in [-0.3, -0.25) is 4.90 Å². The van der Waals surface area contributed by atoms with Gasteiger partial charge < -0.3 is 14.9 Å². The van der Waals surface area contributed by atoms with Gasteiger partial charge in [0.1, 0.15) is 6.61 Å². The summed E-state index contributed by atoms with van der Waals surface area (Å²) in [5.74, 6) is 0.155. The molecule has 1 heterocycles. The molecule has 2 N–H and O–H groups in total. The van der Waals surface area contributed by atoms with Gasteiger partial charge in [-0.15, -0.1) is 0 Å². The number of ether oxygens (including phenoxy) is 1. The smallest absolute Gasteiger partial charge is 0.411 e. The summed E-state index contributed by atoms with van der Waals surface area (Å²) in [6.07, 6.45) is 1.23. The fourth-order valence-electron chi connectivity index (χ4n) is 2.83. The molecule has 1 amide bonds. The van der Waals surface area contributed by atoms with Gasteiger partial charge in [-0.2, -0.15) is 0 Å². The molecule has 1 aliphatic rings. The van der Waals surface area contributed by atoms with E-state index in [1.165, 1.54) is 0 Å². The van der Waals surface area contributed by atoms with E-state index in [9.17, 15) is 4.79 Å². The normalized spacial score (nSPS) is 21.5. The zero-order valence-corrected chi connectivity index (χ0v) is 17.8. The molecule has 0 aromatic heterocycles. The summed E-state index contributed by atoms with van der Waals surface area (Å²) in [6, 6.07) is 9.70. The summed E-state index contributed by atoms with van der Waals surface area (Å²) in [4.78, 5) is 14.1. The van der Waals surface area contributed by atoms with Crippen molar-refractivity contribution in [3.8, 4) is 0 Å². The van der Waals surface area contributed by atoms with Crippen LogP contribution in [-0.2, 0) is 15.8 Å². The second-order valence-electron chi connectivity index (χ2n) is 8.70. The van der Waals surface area contributed by atoms with Crippen LogP contribution in [0.2, 0.25) is 18.1 Å². The Morgan fingerprint density at radius 2 is 1.92 bits per heavy atom. The van der Waals surface area contributed by atoms with Crippen molar-refractivity contribution in [3.63, 3.8) is 0 Å². The van der Waals surface area contributed by atoms with Crippen molar-refractivity contribution in [1.29, 1.82) is 0 Å². The Morgan fingerprint density at radius 1 is 1.27 bits per heavy atom. The first kappa shape index (κ1) is 20.9. The van der Waals surface area contributed by atoms with Crippen LogP contribution in [0.5, 0.6) is 0 Å². The van der Waals surface area contributed by atoms with Crippen molar-refractivity contribution in [2.24, 2.45) is 11.7 Å². The molecule has 0 spiro atoms. The number of carbonyl (C=O) groups is 1. The standard InChI is InChI=1S/C20H34N2O3Si/c1-20(2,3)26(4,5)25-15-17-12-9-13-22(18(17)21)19(23)24-14-16-10-7-6-8-11-16/h6-8,10-11,17-18H,9,12-15,21H2,1-5H3. The molecule has 2 rings (SSSR count). The Kier molecular flexibility index (Phi) is 6.88. The minimum Gasteiger partial charge on any atom is -0.445 e. The van der Waals surface area contributed by atoms with E-state index in [-0.39, 0.29) is 29.8 Å². The molecule has 0 bridgehead atoms. The number of likely N-dealkylation sites (tertiary alicyclic amines) is 1. The van der Waals surface area contributed by atoms with Crippen LogP contribution in [0.3, 0.4) is 0 Å². The zero-order chi connectivity index (χ0) is 19.4. The van der Waals surface area contributed by atoms with Crippen LogP contribution in [-0.4, -0.2) is 38.6 Å². The molecule has 0 saturated carbocycles. The van der Waals surface area contributed by atoms with Crippen molar-refractivity contribution in [2.75, 3.05) is 13.2 Å². The Labute approximate surface area is 159 Å². The number of rotatable bonds is 5. The summed E-state index contributed by atoms with van der Waals surface area (Å²) >= 11 is 0. The van der Waals surface area contributed by atoms with Crippen LogP contribution in [0.25, 0.3) is 0 Å². The fraction of sp³-hybridized carbons (Fsp3) is 0.650. The summed E-state index contributed by atoms with van der Waals surface area (Å²) in [6.45, 7) is 12.7. The van der Waals surface area contributed by atoms with Crippen LogP contribution in [0.4, 0.5) is 4.79 Å². The van der Waals surface area contributed by atoms with Crippen LogP contribution in [0, 0.1) is 5.92 Å². The number of hydrogen-bond donors (Lipinski definition) is 1. The van der Waals surface area contributed by atoms with E-state index in [0.717, 1.165) is 18.4 Å². The Bertz CT molecular complexity index is 586. The van der Waals surface area contributed by atoms with Gasteiger partial charge in [0.2, 0.25) is 0 Å². The van der Waals surface area contributed by atoms with Gasteiger partial charge in [0.25, 0.3) is 0 Å². The number of amides is 1. The molecule has 5 nitrogen and oxygen atoms in total. The lowest BCUT2D eigenvalue weighted by Gasteiger charge is -2.41. The lowest BCUT2D eigenvalue weighted by molar-refractivity contribution is 0.0368. The summed E-state index contributed by atoms with van der Waals surface area (Å²) in [5, 5.41) is 0.167. The minimum atomic E-state index is -1.82. The van der Waals surface area contributed by atoms with Gasteiger partial charge in [-0.1, -0.05) is 51.1 Å². The van der Waals surface area contributed by atoms with Crippen molar-refractivity contribution in [1.82, 2.24) is 4.90 Å². The quantitative estimate of drug-likeness (QED) is 0.774. The average molecular weight is 379 g/mol. The second-order valence-corrected chi connectivity index (χ2v) is 13.5. The molecule has 2 unspecified atom stereocenters. The predicted molar refractivity (Wildman–Crippen MR) is 107 cm³/mol. The first-order valence-corrected chi connectivity index (χ1v) is 12.4. The third kappa shape index (κ3) is 5.31. The highest BCUT2D eigenvalue weighted by atomic mass is 28.4. The second kappa shape index (κ2) is 8.54. The average Bonchev–Trinajstić information content (AvgIpc) is 2.58. The van der Waals surface area contributed by atoms with Crippen molar-refractivity contribution in [2.45, 2.75) is 64.5 Å². The van der Waals surface area contributed by atoms with E-state index in [1.54, 1.807) is 4.90 Å². The zero-order valence-electron chi connectivity index (χ0n) is 16.8. The van der Waals surface area contributed by atoms with Gasteiger partial charge in [-0.25, -0.2) is 4.79 Å². The topological polar surface area (TPSA) is 64.8 Å². The number of nitrogens with zero attached hydrogens (tertiary/aromatic N) is 1. The van der Waals surface area contributed by atoms with Crippen LogP contribution >= 0.6 is 0 Å². The van der Waals surface area contributed by atoms with E-state index < -0.39 is 8.32 Å². The van der Waals surface area contributed by atoms with E-state index in [2.05, 4.69) is 33.9 Å². The molecule has 6 heteroatoms.